The summed E-state index contributed by atoms with van der Waals surface area (Å²) in [5.41, 5.74) is 0.417. The number of halogens is 4. The van der Waals surface area contributed by atoms with Crippen molar-refractivity contribution in [2.24, 2.45) is 0 Å². The first-order chi connectivity index (χ1) is 9.95. The minimum Gasteiger partial charge on any atom is -0.482 e. The van der Waals surface area contributed by atoms with Gasteiger partial charge in [-0.25, -0.2) is 4.39 Å². The molecule has 1 amide bonds. The number of amides is 1. The van der Waals surface area contributed by atoms with Crippen molar-refractivity contribution in [3.63, 3.8) is 0 Å². The zero-order valence-electron chi connectivity index (χ0n) is 10.5. The van der Waals surface area contributed by atoms with Crippen LogP contribution in [0.3, 0.4) is 0 Å². The predicted molar refractivity (Wildman–Crippen MR) is 82.0 cm³/mol. The number of nitrogens with one attached hydrogen (secondary N) is 1. The van der Waals surface area contributed by atoms with Crippen LogP contribution in [0.25, 0.3) is 0 Å². The lowest BCUT2D eigenvalue weighted by molar-refractivity contribution is -0.118. The normalized spacial score (nSPS) is 10.3. The Morgan fingerprint density at radius 3 is 2.52 bits per heavy atom. The molecule has 2 aromatic rings. The summed E-state index contributed by atoms with van der Waals surface area (Å²) in [6.07, 6.45) is 0. The van der Waals surface area contributed by atoms with Crippen molar-refractivity contribution in [2.45, 2.75) is 0 Å². The van der Waals surface area contributed by atoms with Gasteiger partial charge in [0, 0.05) is 5.02 Å². The van der Waals surface area contributed by atoms with E-state index in [1.165, 1.54) is 18.2 Å². The Morgan fingerprint density at radius 1 is 1.10 bits per heavy atom. The molecule has 0 bridgehead atoms. The van der Waals surface area contributed by atoms with Crippen LogP contribution in [0.1, 0.15) is 0 Å². The quantitative estimate of drug-likeness (QED) is 0.861. The standard InChI is InChI=1S/C14H9Cl3FNO2/c15-8-1-3-12(10(16)5-8)19-14(20)7-21-13-4-2-9(18)6-11(13)17/h1-6H,7H2,(H,19,20). The molecule has 3 nitrogen and oxygen atoms in total. The van der Waals surface area contributed by atoms with Crippen LogP contribution >= 0.6 is 34.8 Å². The van der Waals surface area contributed by atoms with Crippen LogP contribution in [-0.4, -0.2) is 12.5 Å². The van der Waals surface area contributed by atoms with Crippen LogP contribution < -0.4 is 10.1 Å². The molecular formula is C14H9Cl3FNO2. The van der Waals surface area contributed by atoms with E-state index in [-0.39, 0.29) is 17.4 Å². The van der Waals surface area contributed by atoms with Crippen LogP contribution in [-0.2, 0) is 4.79 Å². The average molecular weight is 349 g/mol. The summed E-state index contributed by atoms with van der Waals surface area (Å²) < 4.78 is 18.1. The molecule has 0 atom stereocenters. The summed E-state index contributed by atoms with van der Waals surface area (Å²) in [7, 11) is 0. The molecule has 0 saturated carbocycles. The van der Waals surface area contributed by atoms with Crippen LogP contribution in [0, 0.1) is 5.82 Å². The zero-order valence-corrected chi connectivity index (χ0v) is 12.8. The third-order valence-corrected chi connectivity index (χ3v) is 3.30. The monoisotopic (exact) mass is 347 g/mol. The molecule has 0 aliphatic heterocycles. The first-order valence-electron chi connectivity index (χ1n) is 5.78. The second-order valence-electron chi connectivity index (χ2n) is 4.04. The number of carbonyl (C=O) groups is 1. The first kappa shape index (κ1) is 15.9. The number of benzene rings is 2. The van der Waals surface area contributed by atoms with Gasteiger partial charge in [0.25, 0.3) is 5.91 Å². The Kier molecular flexibility index (Phi) is 5.28. The lowest BCUT2D eigenvalue weighted by atomic mass is 10.3. The van der Waals surface area contributed by atoms with Gasteiger partial charge in [-0.2, -0.15) is 0 Å². The van der Waals surface area contributed by atoms with Crippen LogP contribution in [0.2, 0.25) is 15.1 Å². The molecule has 110 valence electrons. The van der Waals surface area contributed by atoms with Crippen molar-refractivity contribution >= 4 is 46.4 Å². The van der Waals surface area contributed by atoms with Gasteiger partial charge in [-0.3, -0.25) is 4.79 Å². The molecule has 7 heteroatoms. The maximum absolute atomic E-state index is 12.9. The number of anilines is 1. The highest BCUT2D eigenvalue weighted by atomic mass is 35.5. The third-order valence-electron chi connectivity index (χ3n) is 2.46. The largest absolute Gasteiger partial charge is 0.482 e. The molecule has 0 heterocycles. The first-order valence-corrected chi connectivity index (χ1v) is 6.92. The van der Waals surface area contributed by atoms with Crippen molar-refractivity contribution < 1.29 is 13.9 Å². The fourth-order valence-electron chi connectivity index (χ4n) is 1.51. The lowest BCUT2D eigenvalue weighted by Gasteiger charge is -2.10. The van der Waals surface area contributed by atoms with Crippen LogP contribution in [0.4, 0.5) is 10.1 Å². The molecule has 21 heavy (non-hydrogen) atoms. The zero-order chi connectivity index (χ0) is 15.4. The second kappa shape index (κ2) is 6.98. The van der Waals surface area contributed by atoms with Crippen molar-refractivity contribution in [3.8, 4) is 5.75 Å². The number of carbonyl (C=O) groups excluding carboxylic acids is 1. The van der Waals surface area contributed by atoms with Gasteiger partial charge in [-0.15, -0.1) is 0 Å². The third kappa shape index (κ3) is 4.49. The maximum atomic E-state index is 12.9. The summed E-state index contributed by atoms with van der Waals surface area (Å²) >= 11 is 17.5. The number of hydrogen-bond acceptors (Lipinski definition) is 2. The van der Waals surface area contributed by atoms with Crippen molar-refractivity contribution in [1.82, 2.24) is 0 Å². The van der Waals surface area contributed by atoms with E-state index in [1.807, 2.05) is 0 Å². The van der Waals surface area contributed by atoms with E-state index in [1.54, 1.807) is 12.1 Å². The molecule has 0 unspecified atom stereocenters. The molecule has 2 aromatic carbocycles. The Balaban J connectivity index is 1.96. The van der Waals surface area contributed by atoms with Crippen molar-refractivity contribution in [1.29, 1.82) is 0 Å². The van der Waals surface area contributed by atoms with Crippen molar-refractivity contribution in [3.05, 3.63) is 57.3 Å². The van der Waals surface area contributed by atoms with Gasteiger partial charge in [0.15, 0.2) is 6.61 Å². The van der Waals surface area contributed by atoms with Crippen molar-refractivity contribution in [2.75, 3.05) is 11.9 Å². The molecule has 0 aliphatic rings. The van der Waals surface area contributed by atoms with Gasteiger partial charge >= 0.3 is 0 Å². The smallest absolute Gasteiger partial charge is 0.262 e. The summed E-state index contributed by atoms with van der Waals surface area (Å²) in [5, 5.41) is 3.44. The Hall–Kier alpha value is -1.49. The summed E-state index contributed by atoms with van der Waals surface area (Å²) in [6.45, 7) is -0.287. The van der Waals surface area contributed by atoms with E-state index in [4.69, 9.17) is 39.5 Å². The molecule has 0 aliphatic carbocycles. The minimum absolute atomic E-state index is 0.0901. The summed E-state index contributed by atoms with van der Waals surface area (Å²) in [6, 6.07) is 8.32. The van der Waals surface area contributed by atoms with Gasteiger partial charge < -0.3 is 10.1 Å². The summed E-state index contributed by atoms with van der Waals surface area (Å²) in [4.78, 5) is 11.8. The minimum atomic E-state index is -0.482. The second-order valence-corrected chi connectivity index (χ2v) is 5.29. The van der Waals surface area contributed by atoms with E-state index in [9.17, 15) is 9.18 Å². The highest BCUT2D eigenvalue weighted by Gasteiger charge is 2.09. The molecule has 0 fully saturated rings. The summed E-state index contributed by atoms with van der Waals surface area (Å²) in [5.74, 6) is -0.695. The lowest BCUT2D eigenvalue weighted by Crippen LogP contribution is -2.20. The van der Waals surface area contributed by atoms with Crippen LogP contribution in [0.5, 0.6) is 5.75 Å². The van der Waals surface area contributed by atoms with E-state index in [0.29, 0.717) is 15.7 Å². The number of ether oxygens (including phenoxy) is 1. The molecular weight excluding hydrogens is 340 g/mol. The highest BCUT2D eigenvalue weighted by Crippen LogP contribution is 2.26. The van der Waals surface area contributed by atoms with Gasteiger partial charge in [0.05, 0.1) is 15.7 Å². The average Bonchev–Trinajstić information content (AvgIpc) is 2.41. The Labute approximate surface area is 135 Å². The predicted octanol–water partition coefficient (Wildman–Crippen LogP) is 4.80. The maximum Gasteiger partial charge on any atom is 0.262 e. The fraction of sp³-hybridized carbons (Fsp3) is 0.0714. The van der Waals surface area contributed by atoms with Gasteiger partial charge in [-0.05, 0) is 36.4 Å². The molecule has 0 radical (unpaired) electrons. The van der Waals surface area contributed by atoms with E-state index >= 15 is 0 Å². The topological polar surface area (TPSA) is 38.3 Å². The fourth-order valence-corrected chi connectivity index (χ4v) is 2.19. The molecule has 0 spiro atoms. The van der Waals surface area contributed by atoms with Gasteiger partial charge in [0.2, 0.25) is 0 Å². The Bertz CT molecular complexity index is 679. The molecule has 0 aromatic heterocycles. The van der Waals surface area contributed by atoms with E-state index in [0.717, 1.165) is 6.07 Å². The molecule has 1 N–H and O–H groups in total. The van der Waals surface area contributed by atoms with Gasteiger partial charge in [0.1, 0.15) is 11.6 Å². The molecule has 2 rings (SSSR count). The SMILES string of the molecule is O=C(COc1ccc(F)cc1Cl)Nc1ccc(Cl)cc1Cl. The number of hydrogen-bond donors (Lipinski definition) is 1. The van der Waals surface area contributed by atoms with E-state index < -0.39 is 11.7 Å². The molecule has 0 saturated heterocycles. The van der Waals surface area contributed by atoms with E-state index in [2.05, 4.69) is 5.32 Å². The van der Waals surface area contributed by atoms with Gasteiger partial charge in [-0.1, -0.05) is 34.8 Å². The number of rotatable bonds is 4. The highest BCUT2D eigenvalue weighted by molar-refractivity contribution is 6.36. The van der Waals surface area contributed by atoms with Crippen LogP contribution in [0.15, 0.2) is 36.4 Å². The Morgan fingerprint density at radius 2 is 1.86 bits per heavy atom.